The van der Waals surface area contributed by atoms with Gasteiger partial charge < -0.3 is 10.3 Å². The molecule has 2 aromatic rings. The number of nitrogen functional groups attached to an aromatic ring is 1. The SMILES string of the molecule is CCc1nc(-c2ccc(N)cc2Cl)no1. The number of nitrogens with two attached hydrogens (primary N) is 1. The van der Waals surface area contributed by atoms with E-state index in [1.165, 1.54) is 0 Å². The first-order valence-corrected chi connectivity index (χ1v) is 4.96. The highest BCUT2D eigenvalue weighted by atomic mass is 35.5. The molecule has 1 aromatic carbocycles. The van der Waals surface area contributed by atoms with Gasteiger partial charge >= 0.3 is 0 Å². The van der Waals surface area contributed by atoms with Crippen LogP contribution in [0.4, 0.5) is 5.69 Å². The number of nitrogens with zero attached hydrogens (tertiary/aromatic N) is 2. The van der Waals surface area contributed by atoms with Gasteiger partial charge in [-0.25, -0.2) is 0 Å². The van der Waals surface area contributed by atoms with Crippen LogP contribution < -0.4 is 5.73 Å². The van der Waals surface area contributed by atoms with Gasteiger partial charge in [-0.15, -0.1) is 0 Å². The smallest absolute Gasteiger partial charge is 0.226 e. The zero-order valence-corrected chi connectivity index (χ0v) is 8.95. The van der Waals surface area contributed by atoms with Crippen molar-refractivity contribution >= 4 is 17.3 Å². The van der Waals surface area contributed by atoms with Gasteiger partial charge in [0.05, 0.1) is 5.02 Å². The van der Waals surface area contributed by atoms with Crippen molar-refractivity contribution in [2.24, 2.45) is 0 Å². The first-order valence-electron chi connectivity index (χ1n) is 4.58. The van der Waals surface area contributed by atoms with Crippen molar-refractivity contribution in [3.05, 3.63) is 29.1 Å². The van der Waals surface area contributed by atoms with Crippen LogP contribution >= 0.6 is 11.6 Å². The summed E-state index contributed by atoms with van der Waals surface area (Å²) in [7, 11) is 0. The van der Waals surface area contributed by atoms with Crippen LogP contribution in [0.1, 0.15) is 12.8 Å². The second-order valence-corrected chi connectivity index (χ2v) is 3.51. The van der Waals surface area contributed by atoms with Crippen LogP contribution in [-0.2, 0) is 6.42 Å². The lowest BCUT2D eigenvalue weighted by molar-refractivity contribution is 0.383. The average molecular weight is 224 g/mol. The third kappa shape index (κ3) is 1.94. The number of rotatable bonds is 2. The number of hydrogen-bond acceptors (Lipinski definition) is 4. The highest BCUT2D eigenvalue weighted by molar-refractivity contribution is 6.33. The molecule has 0 aliphatic carbocycles. The van der Waals surface area contributed by atoms with Gasteiger partial charge in [-0.05, 0) is 18.2 Å². The maximum Gasteiger partial charge on any atom is 0.226 e. The van der Waals surface area contributed by atoms with E-state index < -0.39 is 0 Å². The number of benzene rings is 1. The van der Waals surface area contributed by atoms with Crippen molar-refractivity contribution in [3.8, 4) is 11.4 Å². The average Bonchev–Trinajstić information content (AvgIpc) is 2.66. The van der Waals surface area contributed by atoms with Crippen molar-refractivity contribution in [3.63, 3.8) is 0 Å². The van der Waals surface area contributed by atoms with Crippen LogP contribution in [-0.4, -0.2) is 10.1 Å². The lowest BCUT2D eigenvalue weighted by Gasteiger charge is -1.99. The summed E-state index contributed by atoms with van der Waals surface area (Å²) in [6.45, 7) is 1.95. The molecule has 2 N–H and O–H groups in total. The molecule has 78 valence electrons. The number of aryl methyl sites for hydroxylation is 1. The van der Waals surface area contributed by atoms with Gasteiger partial charge in [0.2, 0.25) is 11.7 Å². The van der Waals surface area contributed by atoms with Crippen LogP contribution in [0, 0.1) is 0 Å². The first kappa shape index (κ1) is 9.98. The van der Waals surface area contributed by atoms with Crippen LogP contribution in [0.15, 0.2) is 22.7 Å². The van der Waals surface area contributed by atoms with Crippen molar-refractivity contribution in [1.29, 1.82) is 0 Å². The summed E-state index contributed by atoms with van der Waals surface area (Å²) in [4.78, 5) is 4.19. The minimum atomic E-state index is 0.497. The van der Waals surface area contributed by atoms with E-state index >= 15 is 0 Å². The molecular weight excluding hydrogens is 214 g/mol. The summed E-state index contributed by atoms with van der Waals surface area (Å²) in [5.41, 5.74) is 6.93. The fraction of sp³-hybridized carbons (Fsp3) is 0.200. The molecule has 0 bridgehead atoms. The summed E-state index contributed by atoms with van der Waals surface area (Å²) in [6.07, 6.45) is 0.708. The molecule has 0 unspecified atom stereocenters. The molecule has 0 spiro atoms. The Bertz CT molecular complexity index is 481. The van der Waals surface area contributed by atoms with E-state index in [1.807, 2.05) is 6.92 Å². The van der Waals surface area contributed by atoms with Crippen molar-refractivity contribution in [1.82, 2.24) is 10.1 Å². The molecule has 15 heavy (non-hydrogen) atoms. The number of halogens is 1. The molecule has 0 aliphatic rings. The third-order valence-corrected chi connectivity index (χ3v) is 2.32. The van der Waals surface area contributed by atoms with Gasteiger partial charge in [0.25, 0.3) is 0 Å². The minimum absolute atomic E-state index is 0.497. The molecule has 5 heteroatoms. The molecule has 0 amide bonds. The Morgan fingerprint density at radius 1 is 1.47 bits per heavy atom. The summed E-state index contributed by atoms with van der Waals surface area (Å²) >= 11 is 6.01. The van der Waals surface area contributed by atoms with Crippen molar-refractivity contribution < 1.29 is 4.52 Å². The second-order valence-electron chi connectivity index (χ2n) is 3.10. The second kappa shape index (κ2) is 3.90. The summed E-state index contributed by atoms with van der Waals surface area (Å²) in [6, 6.07) is 5.20. The maximum atomic E-state index is 6.01. The molecular formula is C10H10ClN3O. The topological polar surface area (TPSA) is 64.9 Å². The van der Waals surface area contributed by atoms with Gasteiger partial charge in [-0.1, -0.05) is 23.7 Å². The van der Waals surface area contributed by atoms with Crippen molar-refractivity contribution in [2.75, 3.05) is 5.73 Å². The van der Waals surface area contributed by atoms with Crippen LogP contribution in [0.3, 0.4) is 0 Å². The van der Waals surface area contributed by atoms with Gasteiger partial charge in [0.1, 0.15) is 0 Å². The number of aromatic nitrogens is 2. The van der Waals surface area contributed by atoms with E-state index in [0.717, 1.165) is 5.56 Å². The Morgan fingerprint density at radius 3 is 2.87 bits per heavy atom. The fourth-order valence-electron chi connectivity index (χ4n) is 1.22. The van der Waals surface area contributed by atoms with Crippen LogP contribution in [0.25, 0.3) is 11.4 Å². The van der Waals surface area contributed by atoms with E-state index in [0.29, 0.717) is 28.8 Å². The Kier molecular flexibility index (Phi) is 2.60. The minimum Gasteiger partial charge on any atom is -0.399 e. The van der Waals surface area contributed by atoms with Crippen LogP contribution in [0.5, 0.6) is 0 Å². The summed E-state index contributed by atoms with van der Waals surface area (Å²) < 4.78 is 5.00. The Balaban J connectivity index is 2.44. The lowest BCUT2D eigenvalue weighted by Crippen LogP contribution is -1.87. The fourth-order valence-corrected chi connectivity index (χ4v) is 1.49. The standard InChI is InChI=1S/C10H10ClN3O/c1-2-9-13-10(14-15-9)7-4-3-6(12)5-8(7)11/h3-5H,2,12H2,1H3. The summed E-state index contributed by atoms with van der Waals surface area (Å²) in [5.74, 6) is 1.09. The Morgan fingerprint density at radius 2 is 2.27 bits per heavy atom. The van der Waals surface area contributed by atoms with E-state index in [1.54, 1.807) is 18.2 Å². The molecule has 0 radical (unpaired) electrons. The Hall–Kier alpha value is -1.55. The quantitative estimate of drug-likeness (QED) is 0.795. The monoisotopic (exact) mass is 223 g/mol. The van der Waals surface area contributed by atoms with Gasteiger partial charge in [-0.3, -0.25) is 0 Å². The molecule has 0 saturated heterocycles. The molecule has 2 rings (SSSR count). The van der Waals surface area contributed by atoms with E-state index in [-0.39, 0.29) is 0 Å². The molecule has 0 fully saturated rings. The van der Waals surface area contributed by atoms with Gasteiger partial charge in [0.15, 0.2) is 0 Å². The molecule has 1 heterocycles. The molecule has 4 nitrogen and oxygen atoms in total. The normalized spacial score (nSPS) is 10.5. The van der Waals surface area contributed by atoms with E-state index in [4.69, 9.17) is 21.9 Å². The molecule has 0 aliphatic heterocycles. The Labute approximate surface area is 92.0 Å². The van der Waals surface area contributed by atoms with Gasteiger partial charge in [0, 0.05) is 17.7 Å². The molecule has 1 aromatic heterocycles. The highest BCUT2D eigenvalue weighted by Gasteiger charge is 2.10. The first-order chi connectivity index (χ1) is 7.20. The predicted molar refractivity (Wildman–Crippen MR) is 58.5 cm³/mol. The van der Waals surface area contributed by atoms with E-state index in [9.17, 15) is 0 Å². The van der Waals surface area contributed by atoms with E-state index in [2.05, 4.69) is 10.1 Å². The maximum absolute atomic E-state index is 6.01. The molecule has 0 atom stereocenters. The predicted octanol–water partition coefficient (Wildman–Crippen LogP) is 2.53. The van der Waals surface area contributed by atoms with Crippen LogP contribution in [0.2, 0.25) is 5.02 Å². The van der Waals surface area contributed by atoms with Gasteiger partial charge in [-0.2, -0.15) is 4.98 Å². The van der Waals surface area contributed by atoms with Crippen molar-refractivity contribution in [2.45, 2.75) is 13.3 Å². The number of hydrogen-bond donors (Lipinski definition) is 1. The molecule has 0 saturated carbocycles. The zero-order chi connectivity index (χ0) is 10.8. The third-order valence-electron chi connectivity index (χ3n) is 2.00. The highest BCUT2D eigenvalue weighted by Crippen LogP contribution is 2.27. The lowest BCUT2D eigenvalue weighted by atomic mass is 10.2. The number of anilines is 1. The summed E-state index contributed by atoms with van der Waals surface area (Å²) in [5, 5.41) is 4.36. The largest absolute Gasteiger partial charge is 0.399 e. The zero-order valence-electron chi connectivity index (χ0n) is 8.20.